The van der Waals surface area contributed by atoms with Gasteiger partial charge in [-0.05, 0) is 42.7 Å². The van der Waals surface area contributed by atoms with Crippen molar-refractivity contribution in [3.63, 3.8) is 0 Å². The SMILES string of the molecule is CN=C(NCCCc1nc2ccccc2s1)NCCc1ccc(F)cc1. The summed E-state index contributed by atoms with van der Waals surface area (Å²) in [5.74, 6) is 0.587. The van der Waals surface area contributed by atoms with E-state index in [1.54, 1.807) is 18.4 Å². The van der Waals surface area contributed by atoms with Crippen molar-refractivity contribution < 1.29 is 4.39 Å². The third kappa shape index (κ3) is 5.26. The van der Waals surface area contributed by atoms with Crippen molar-refractivity contribution in [2.24, 2.45) is 4.99 Å². The normalized spacial score (nSPS) is 11.7. The van der Waals surface area contributed by atoms with Crippen LogP contribution in [0.2, 0.25) is 0 Å². The van der Waals surface area contributed by atoms with Crippen molar-refractivity contribution in [1.29, 1.82) is 0 Å². The fourth-order valence-corrected chi connectivity index (χ4v) is 3.68. The number of nitrogens with zero attached hydrogens (tertiary/aromatic N) is 2. The van der Waals surface area contributed by atoms with Gasteiger partial charge >= 0.3 is 0 Å². The summed E-state index contributed by atoms with van der Waals surface area (Å²) in [6.07, 6.45) is 2.78. The zero-order chi connectivity index (χ0) is 18.2. The number of hydrogen-bond acceptors (Lipinski definition) is 3. The summed E-state index contributed by atoms with van der Waals surface area (Å²) in [5, 5.41) is 7.78. The average molecular weight is 370 g/mol. The highest BCUT2D eigenvalue weighted by molar-refractivity contribution is 7.18. The molecule has 136 valence electrons. The van der Waals surface area contributed by atoms with Crippen molar-refractivity contribution in [3.8, 4) is 0 Å². The molecule has 1 heterocycles. The summed E-state index contributed by atoms with van der Waals surface area (Å²) in [5.41, 5.74) is 2.18. The maximum absolute atomic E-state index is 12.9. The van der Waals surface area contributed by atoms with E-state index in [4.69, 9.17) is 0 Å². The van der Waals surface area contributed by atoms with Crippen LogP contribution in [0.5, 0.6) is 0 Å². The molecule has 0 saturated heterocycles. The van der Waals surface area contributed by atoms with E-state index < -0.39 is 0 Å². The molecule has 0 atom stereocenters. The summed E-state index contributed by atoms with van der Waals surface area (Å²) in [6.45, 7) is 1.59. The van der Waals surface area contributed by atoms with Crippen LogP contribution in [0.25, 0.3) is 10.2 Å². The van der Waals surface area contributed by atoms with Crippen LogP contribution in [0.15, 0.2) is 53.5 Å². The highest BCUT2D eigenvalue weighted by Crippen LogP contribution is 2.22. The number of aromatic nitrogens is 1. The Kier molecular flexibility index (Phi) is 6.55. The first-order valence-corrected chi connectivity index (χ1v) is 9.59. The number of hydrogen-bond donors (Lipinski definition) is 2. The number of aliphatic imine (C=N–C) groups is 1. The van der Waals surface area contributed by atoms with Crippen molar-refractivity contribution in [1.82, 2.24) is 15.6 Å². The second kappa shape index (κ2) is 9.29. The second-order valence-electron chi connectivity index (χ2n) is 5.98. The number of rotatable bonds is 7. The zero-order valence-electron chi connectivity index (χ0n) is 14.8. The molecule has 6 heteroatoms. The summed E-state index contributed by atoms with van der Waals surface area (Å²) >= 11 is 1.76. The van der Waals surface area contributed by atoms with E-state index >= 15 is 0 Å². The van der Waals surface area contributed by atoms with Gasteiger partial charge in [0, 0.05) is 26.6 Å². The number of benzene rings is 2. The van der Waals surface area contributed by atoms with Crippen molar-refractivity contribution in [2.45, 2.75) is 19.3 Å². The Hall–Kier alpha value is -2.47. The van der Waals surface area contributed by atoms with Gasteiger partial charge in [0.05, 0.1) is 15.2 Å². The minimum atomic E-state index is -0.202. The molecule has 0 aliphatic rings. The number of halogens is 1. The standard InChI is InChI=1S/C20H23FN4S/c1-22-20(24-14-12-15-8-10-16(21)11-9-15)23-13-4-7-19-25-17-5-2-3-6-18(17)26-19/h2-3,5-6,8-11H,4,7,12-14H2,1H3,(H2,22,23,24). The molecule has 0 aliphatic carbocycles. The van der Waals surface area contributed by atoms with Crippen LogP contribution in [0.3, 0.4) is 0 Å². The largest absolute Gasteiger partial charge is 0.356 e. The first-order chi connectivity index (χ1) is 12.7. The zero-order valence-corrected chi connectivity index (χ0v) is 15.7. The summed E-state index contributed by atoms with van der Waals surface area (Å²) in [7, 11) is 1.76. The van der Waals surface area contributed by atoms with Gasteiger partial charge < -0.3 is 10.6 Å². The lowest BCUT2D eigenvalue weighted by molar-refractivity contribution is 0.626. The summed E-state index contributed by atoms with van der Waals surface area (Å²) in [6, 6.07) is 14.8. The Morgan fingerprint density at radius 1 is 1.04 bits per heavy atom. The van der Waals surface area contributed by atoms with E-state index in [2.05, 4.69) is 32.7 Å². The van der Waals surface area contributed by atoms with Crippen LogP contribution >= 0.6 is 11.3 Å². The summed E-state index contributed by atoms with van der Waals surface area (Å²) < 4.78 is 14.1. The monoisotopic (exact) mass is 370 g/mol. The van der Waals surface area contributed by atoms with Crippen molar-refractivity contribution in [3.05, 3.63) is 64.9 Å². The fourth-order valence-electron chi connectivity index (χ4n) is 2.67. The Labute approximate surface area is 157 Å². The molecule has 3 aromatic rings. The molecule has 3 rings (SSSR count). The Morgan fingerprint density at radius 2 is 1.81 bits per heavy atom. The molecule has 0 spiro atoms. The topological polar surface area (TPSA) is 49.3 Å². The lowest BCUT2D eigenvalue weighted by Gasteiger charge is -2.11. The predicted molar refractivity (Wildman–Crippen MR) is 107 cm³/mol. The predicted octanol–water partition coefficient (Wildman–Crippen LogP) is 3.78. The van der Waals surface area contributed by atoms with Gasteiger partial charge in [0.15, 0.2) is 5.96 Å². The molecule has 1 aromatic heterocycles. The molecule has 4 nitrogen and oxygen atoms in total. The molecule has 0 bridgehead atoms. The van der Waals surface area contributed by atoms with Crippen LogP contribution in [0.4, 0.5) is 4.39 Å². The van der Waals surface area contributed by atoms with Crippen LogP contribution in [-0.2, 0) is 12.8 Å². The number of para-hydroxylation sites is 1. The third-order valence-corrected chi connectivity index (χ3v) is 5.14. The molecular formula is C20H23FN4S. The number of thiazole rings is 1. The van der Waals surface area contributed by atoms with Gasteiger partial charge in [-0.1, -0.05) is 24.3 Å². The van der Waals surface area contributed by atoms with Gasteiger partial charge in [-0.15, -0.1) is 11.3 Å². The van der Waals surface area contributed by atoms with Crippen LogP contribution in [0, 0.1) is 5.82 Å². The van der Waals surface area contributed by atoms with Crippen molar-refractivity contribution >= 4 is 27.5 Å². The average Bonchev–Trinajstić information content (AvgIpc) is 3.08. The number of nitrogens with one attached hydrogen (secondary N) is 2. The molecule has 0 aliphatic heterocycles. The van der Waals surface area contributed by atoms with Gasteiger partial charge in [-0.2, -0.15) is 0 Å². The van der Waals surface area contributed by atoms with Gasteiger partial charge in [-0.3, -0.25) is 4.99 Å². The van der Waals surface area contributed by atoms with Gasteiger partial charge in [0.1, 0.15) is 5.82 Å². The molecule has 0 fully saturated rings. The first-order valence-electron chi connectivity index (χ1n) is 8.78. The molecule has 0 saturated carbocycles. The number of guanidine groups is 1. The molecule has 0 unspecified atom stereocenters. The van der Waals surface area contributed by atoms with Gasteiger partial charge in [-0.25, -0.2) is 9.37 Å². The minimum Gasteiger partial charge on any atom is -0.356 e. The Morgan fingerprint density at radius 3 is 2.58 bits per heavy atom. The summed E-state index contributed by atoms with van der Waals surface area (Å²) in [4.78, 5) is 8.89. The molecule has 0 amide bonds. The maximum Gasteiger partial charge on any atom is 0.190 e. The van der Waals surface area contributed by atoms with E-state index in [0.717, 1.165) is 49.4 Å². The molecule has 2 aromatic carbocycles. The molecule has 0 radical (unpaired) electrons. The minimum absolute atomic E-state index is 0.202. The number of fused-ring (bicyclic) bond motifs is 1. The Bertz CT molecular complexity index is 825. The van der Waals surface area contributed by atoms with E-state index in [9.17, 15) is 4.39 Å². The second-order valence-corrected chi connectivity index (χ2v) is 7.10. The lowest BCUT2D eigenvalue weighted by Crippen LogP contribution is -2.38. The fraction of sp³-hybridized carbons (Fsp3) is 0.300. The number of aryl methyl sites for hydroxylation is 1. The van der Waals surface area contributed by atoms with E-state index in [0.29, 0.717) is 0 Å². The van der Waals surface area contributed by atoms with Crippen molar-refractivity contribution in [2.75, 3.05) is 20.1 Å². The quantitative estimate of drug-likeness (QED) is 0.378. The maximum atomic E-state index is 12.9. The van der Waals surface area contributed by atoms with E-state index in [1.165, 1.54) is 21.8 Å². The van der Waals surface area contributed by atoms with Crippen LogP contribution < -0.4 is 10.6 Å². The highest BCUT2D eigenvalue weighted by Gasteiger charge is 2.03. The lowest BCUT2D eigenvalue weighted by atomic mass is 10.1. The molecular weight excluding hydrogens is 347 g/mol. The Balaban J connectivity index is 1.36. The smallest absolute Gasteiger partial charge is 0.190 e. The van der Waals surface area contributed by atoms with Crippen LogP contribution in [-0.4, -0.2) is 31.1 Å². The first kappa shape index (κ1) is 18.3. The molecule has 26 heavy (non-hydrogen) atoms. The van der Waals surface area contributed by atoms with Crippen LogP contribution in [0.1, 0.15) is 17.0 Å². The third-order valence-electron chi connectivity index (χ3n) is 4.04. The van der Waals surface area contributed by atoms with E-state index in [1.807, 2.05) is 24.3 Å². The highest BCUT2D eigenvalue weighted by atomic mass is 32.1. The molecule has 2 N–H and O–H groups in total. The van der Waals surface area contributed by atoms with E-state index in [-0.39, 0.29) is 5.82 Å². The van der Waals surface area contributed by atoms with Gasteiger partial charge in [0.2, 0.25) is 0 Å². The van der Waals surface area contributed by atoms with Gasteiger partial charge in [0.25, 0.3) is 0 Å².